The van der Waals surface area contributed by atoms with Crippen molar-refractivity contribution < 1.29 is 9.84 Å². The molecule has 3 rings (SSSR count). The minimum absolute atomic E-state index is 0.193. The summed E-state index contributed by atoms with van der Waals surface area (Å²) in [6.07, 6.45) is 1.29. The van der Waals surface area contributed by atoms with Crippen LogP contribution in [-0.4, -0.2) is 35.8 Å². The van der Waals surface area contributed by atoms with Crippen LogP contribution in [-0.2, 0) is 4.74 Å². The fourth-order valence-electron chi connectivity index (χ4n) is 3.18. The van der Waals surface area contributed by atoms with E-state index in [-0.39, 0.29) is 12.1 Å². The average molecular weight is 285 g/mol. The molecule has 0 aliphatic carbocycles. The molecule has 2 aromatic carbocycles. The van der Waals surface area contributed by atoms with Crippen LogP contribution in [0.2, 0.25) is 0 Å². The zero-order valence-electron chi connectivity index (χ0n) is 12.7. The molecule has 1 N–H and O–H groups in total. The van der Waals surface area contributed by atoms with E-state index in [9.17, 15) is 5.11 Å². The second-order valence-electron chi connectivity index (χ2n) is 5.93. The molecule has 0 aromatic heterocycles. The first-order valence-corrected chi connectivity index (χ1v) is 7.73. The molecule has 1 saturated heterocycles. The van der Waals surface area contributed by atoms with Crippen molar-refractivity contribution in [3.8, 4) is 5.75 Å². The third kappa shape index (κ3) is 2.89. The van der Waals surface area contributed by atoms with Crippen molar-refractivity contribution in [1.82, 2.24) is 4.90 Å². The van der Waals surface area contributed by atoms with Crippen LogP contribution in [0.4, 0.5) is 0 Å². The van der Waals surface area contributed by atoms with E-state index in [0.717, 1.165) is 42.5 Å². The van der Waals surface area contributed by atoms with Crippen molar-refractivity contribution in [3.05, 3.63) is 42.0 Å². The molecular weight excluding hydrogens is 262 g/mol. The van der Waals surface area contributed by atoms with Crippen molar-refractivity contribution in [2.75, 3.05) is 19.7 Å². The lowest BCUT2D eigenvalue weighted by atomic mass is 9.99. The fraction of sp³-hybridized carbons (Fsp3) is 0.444. The van der Waals surface area contributed by atoms with Crippen LogP contribution in [0.25, 0.3) is 10.8 Å². The van der Waals surface area contributed by atoms with Crippen LogP contribution < -0.4 is 0 Å². The second-order valence-corrected chi connectivity index (χ2v) is 5.93. The lowest BCUT2D eigenvalue weighted by Gasteiger charge is -2.29. The summed E-state index contributed by atoms with van der Waals surface area (Å²) in [6, 6.07) is 12.3. The van der Waals surface area contributed by atoms with E-state index in [0.29, 0.717) is 5.75 Å². The highest BCUT2D eigenvalue weighted by Crippen LogP contribution is 2.35. The van der Waals surface area contributed by atoms with Crippen LogP contribution in [0, 0.1) is 0 Å². The van der Waals surface area contributed by atoms with E-state index in [1.807, 2.05) is 24.3 Å². The highest BCUT2D eigenvalue weighted by Gasteiger charge is 2.23. The van der Waals surface area contributed by atoms with E-state index in [2.05, 4.69) is 30.9 Å². The van der Waals surface area contributed by atoms with Crippen molar-refractivity contribution in [1.29, 1.82) is 0 Å². The molecular formula is C18H23NO2. The summed E-state index contributed by atoms with van der Waals surface area (Å²) in [5.41, 5.74) is 1.00. The Labute approximate surface area is 126 Å². The van der Waals surface area contributed by atoms with E-state index in [4.69, 9.17) is 4.74 Å². The van der Waals surface area contributed by atoms with Crippen LogP contribution in [0.3, 0.4) is 0 Å². The summed E-state index contributed by atoms with van der Waals surface area (Å²) in [5.74, 6) is 0.415. The van der Waals surface area contributed by atoms with E-state index in [1.54, 1.807) is 0 Å². The van der Waals surface area contributed by atoms with Gasteiger partial charge in [-0.15, -0.1) is 0 Å². The molecule has 1 fully saturated rings. The summed E-state index contributed by atoms with van der Waals surface area (Å²) in [6.45, 7) is 7.03. The Kier molecular flexibility index (Phi) is 4.13. The summed E-state index contributed by atoms with van der Waals surface area (Å²) < 4.78 is 5.72. The average Bonchev–Trinajstić information content (AvgIpc) is 2.72. The minimum Gasteiger partial charge on any atom is -0.507 e. The number of phenols is 1. The highest BCUT2D eigenvalue weighted by atomic mass is 16.5. The standard InChI is InChI=1S/C18H23NO2/c1-13-12-19(10-5-11-21-13)14(2)16-9-8-15-6-3-4-7-17(15)18(16)20/h3-4,6-9,13-14,20H,5,10-12H2,1-2H3. The molecule has 0 amide bonds. The zero-order valence-corrected chi connectivity index (χ0v) is 12.7. The largest absolute Gasteiger partial charge is 0.507 e. The number of fused-ring (bicyclic) bond motifs is 1. The van der Waals surface area contributed by atoms with E-state index < -0.39 is 0 Å². The SMILES string of the molecule is CC1CN(C(C)c2ccc3ccccc3c2O)CCCO1. The van der Waals surface area contributed by atoms with Crippen molar-refractivity contribution in [3.63, 3.8) is 0 Å². The molecule has 3 nitrogen and oxygen atoms in total. The molecule has 112 valence electrons. The summed E-state index contributed by atoms with van der Waals surface area (Å²) in [5, 5.41) is 12.6. The Morgan fingerprint density at radius 2 is 2.05 bits per heavy atom. The molecule has 0 radical (unpaired) electrons. The molecule has 2 atom stereocenters. The number of phenolic OH excluding ortho intramolecular Hbond substituents is 1. The van der Waals surface area contributed by atoms with Gasteiger partial charge < -0.3 is 9.84 Å². The van der Waals surface area contributed by atoms with Gasteiger partial charge in [0, 0.05) is 36.7 Å². The van der Waals surface area contributed by atoms with Crippen LogP contribution in [0.15, 0.2) is 36.4 Å². The molecule has 0 spiro atoms. The number of hydrogen-bond acceptors (Lipinski definition) is 3. The van der Waals surface area contributed by atoms with Gasteiger partial charge in [-0.25, -0.2) is 0 Å². The van der Waals surface area contributed by atoms with Gasteiger partial charge >= 0.3 is 0 Å². The zero-order chi connectivity index (χ0) is 14.8. The Morgan fingerprint density at radius 3 is 2.90 bits per heavy atom. The number of ether oxygens (including phenoxy) is 1. The summed E-state index contributed by atoms with van der Waals surface area (Å²) in [4.78, 5) is 2.40. The monoisotopic (exact) mass is 285 g/mol. The molecule has 3 heteroatoms. The maximum absolute atomic E-state index is 10.6. The first kappa shape index (κ1) is 14.4. The lowest BCUT2D eigenvalue weighted by Crippen LogP contribution is -2.32. The third-order valence-electron chi connectivity index (χ3n) is 4.41. The van der Waals surface area contributed by atoms with Gasteiger partial charge in [-0.2, -0.15) is 0 Å². The van der Waals surface area contributed by atoms with Crippen molar-refractivity contribution in [2.45, 2.75) is 32.4 Å². The van der Waals surface area contributed by atoms with E-state index >= 15 is 0 Å². The molecule has 1 aliphatic heterocycles. The quantitative estimate of drug-likeness (QED) is 0.913. The molecule has 0 bridgehead atoms. The van der Waals surface area contributed by atoms with Gasteiger partial charge in [-0.3, -0.25) is 4.90 Å². The molecule has 1 aliphatic rings. The minimum atomic E-state index is 0.193. The molecule has 1 heterocycles. The number of nitrogens with zero attached hydrogens (tertiary/aromatic N) is 1. The Hall–Kier alpha value is -1.58. The third-order valence-corrected chi connectivity index (χ3v) is 4.41. The Balaban J connectivity index is 1.93. The van der Waals surface area contributed by atoms with Gasteiger partial charge in [0.1, 0.15) is 5.75 Å². The van der Waals surface area contributed by atoms with Crippen molar-refractivity contribution in [2.24, 2.45) is 0 Å². The van der Waals surface area contributed by atoms with Gasteiger partial charge in [-0.05, 0) is 25.7 Å². The first-order valence-electron chi connectivity index (χ1n) is 7.73. The van der Waals surface area contributed by atoms with Gasteiger partial charge in [0.2, 0.25) is 0 Å². The van der Waals surface area contributed by atoms with Gasteiger partial charge in [0.25, 0.3) is 0 Å². The Morgan fingerprint density at radius 1 is 1.24 bits per heavy atom. The Bertz CT molecular complexity index is 626. The second kappa shape index (κ2) is 6.04. The van der Waals surface area contributed by atoms with Crippen LogP contribution >= 0.6 is 0 Å². The maximum Gasteiger partial charge on any atom is 0.128 e. The van der Waals surface area contributed by atoms with Gasteiger partial charge in [-0.1, -0.05) is 36.4 Å². The van der Waals surface area contributed by atoms with E-state index in [1.165, 1.54) is 0 Å². The summed E-state index contributed by atoms with van der Waals surface area (Å²) >= 11 is 0. The van der Waals surface area contributed by atoms with Crippen molar-refractivity contribution >= 4 is 10.8 Å². The lowest BCUT2D eigenvalue weighted by molar-refractivity contribution is 0.0618. The summed E-state index contributed by atoms with van der Waals surface area (Å²) in [7, 11) is 0. The van der Waals surface area contributed by atoms with Gasteiger partial charge in [0.15, 0.2) is 0 Å². The first-order chi connectivity index (χ1) is 10.2. The smallest absolute Gasteiger partial charge is 0.128 e. The molecule has 2 aromatic rings. The normalized spacial score (nSPS) is 22.1. The van der Waals surface area contributed by atoms with Crippen LogP contribution in [0.5, 0.6) is 5.75 Å². The molecule has 21 heavy (non-hydrogen) atoms. The van der Waals surface area contributed by atoms with Crippen LogP contribution in [0.1, 0.15) is 31.9 Å². The van der Waals surface area contributed by atoms with Gasteiger partial charge in [0.05, 0.1) is 6.10 Å². The fourth-order valence-corrected chi connectivity index (χ4v) is 3.18. The number of benzene rings is 2. The highest BCUT2D eigenvalue weighted by molar-refractivity contribution is 5.89. The number of hydrogen-bond donors (Lipinski definition) is 1. The predicted molar refractivity (Wildman–Crippen MR) is 85.6 cm³/mol. The number of rotatable bonds is 2. The maximum atomic E-state index is 10.6. The predicted octanol–water partition coefficient (Wildman–Crippen LogP) is 3.72. The molecule has 0 saturated carbocycles. The molecule has 2 unspecified atom stereocenters. The topological polar surface area (TPSA) is 32.7 Å². The number of aromatic hydroxyl groups is 1.